The van der Waals surface area contributed by atoms with Crippen LogP contribution < -0.4 is 10.6 Å². The summed E-state index contributed by atoms with van der Waals surface area (Å²) in [6.45, 7) is 0. The number of hydrogen-bond donors (Lipinski definition) is 3. The lowest BCUT2D eigenvalue weighted by molar-refractivity contribution is -0.117. The lowest BCUT2D eigenvalue weighted by Gasteiger charge is -2.12. The first kappa shape index (κ1) is 17.8. The van der Waals surface area contributed by atoms with Gasteiger partial charge in [0.25, 0.3) is 0 Å². The summed E-state index contributed by atoms with van der Waals surface area (Å²) in [5.74, 6) is -0.367. The Hall–Kier alpha value is -3.61. The van der Waals surface area contributed by atoms with Gasteiger partial charge in [-0.1, -0.05) is 6.07 Å². The molecular formula is C21H18FN5O. The molecule has 3 N–H and O–H groups in total. The van der Waals surface area contributed by atoms with Crippen LogP contribution >= 0.6 is 0 Å². The van der Waals surface area contributed by atoms with Crippen LogP contribution in [0.5, 0.6) is 0 Å². The number of benzene rings is 1. The zero-order valence-electron chi connectivity index (χ0n) is 14.9. The summed E-state index contributed by atoms with van der Waals surface area (Å²) in [7, 11) is 0. The maximum Gasteiger partial charge on any atom is 0.227 e. The van der Waals surface area contributed by atoms with Gasteiger partial charge < -0.3 is 10.6 Å². The molecule has 1 aliphatic carbocycles. The summed E-state index contributed by atoms with van der Waals surface area (Å²) in [4.78, 5) is 20.2. The number of amidine groups is 1. The highest BCUT2D eigenvalue weighted by molar-refractivity contribution is 6.21. The molecule has 1 aromatic carbocycles. The number of dihydropyridines is 1. The van der Waals surface area contributed by atoms with Gasteiger partial charge in [-0.15, -0.1) is 0 Å². The molecule has 0 radical (unpaired) electrons. The Bertz CT molecular complexity index is 1020. The van der Waals surface area contributed by atoms with E-state index in [9.17, 15) is 9.18 Å². The van der Waals surface area contributed by atoms with Crippen LogP contribution in [0.25, 0.3) is 5.57 Å². The van der Waals surface area contributed by atoms with Gasteiger partial charge in [-0.05, 0) is 49.2 Å². The number of aliphatic imine (C=N–C) groups is 1. The number of amides is 1. The second-order valence-electron chi connectivity index (χ2n) is 6.62. The minimum atomic E-state index is -0.457. The SMILES string of the molecule is N=C1N=CC(c2ccccn2)=C/C1=C/Nc1cc(NC(=O)C2CC2)ccc1F. The molecule has 2 aliphatic rings. The number of carbonyl (C=O) groups is 1. The molecule has 0 bridgehead atoms. The van der Waals surface area contributed by atoms with E-state index in [4.69, 9.17) is 5.41 Å². The molecule has 140 valence electrons. The third-order valence-electron chi connectivity index (χ3n) is 4.44. The fourth-order valence-corrected chi connectivity index (χ4v) is 2.72. The van der Waals surface area contributed by atoms with Gasteiger partial charge >= 0.3 is 0 Å². The molecule has 1 aliphatic heterocycles. The molecular weight excluding hydrogens is 357 g/mol. The lowest BCUT2D eigenvalue weighted by atomic mass is 10.1. The van der Waals surface area contributed by atoms with Gasteiger partial charge in [0.15, 0.2) is 5.84 Å². The number of nitrogens with zero attached hydrogens (tertiary/aromatic N) is 2. The Balaban J connectivity index is 1.54. The molecule has 0 unspecified atom stereocenters. The van der Waals surface area contributed by atoms with Crippen LogP contribution in [0.3, 0.4) is 0 Å². The van der Waals surface area contributed by atoms with Crippen molar-refractivity contribution in [2.24, 2.45) is 10.9 Å². The van der Waals surface area contributed by atoms with Crippen molar-refractivity contribution in [2.45, 2.75) is 12.8 Å². The van der Waals surface area contributed by atoms with Crippen molar-refractivity contribution < 1.29 is 9.18 Å². The second kappa shape index (κ2) is 7.56. The molecule has 0 spiro atoms. The van der Waals surface area contributed by atoms with Crippen molar-refractivity contribution in [1.82, 2.24) is 4.98 Å². The van der Waals surface area contributed by atoms with Crippen LogP contribution in [-0.2, 0) is 4.79 Å². The molecule has 1 amide bonds. The van der Waals surface area contributed by atoms with Crippen LogP contribution in [0.15, 0.2) is 65.4 Å². The highest BCUT2D eigenvalue weighted by atomic mass is 19.1. The first-order chi connectivity index (χ1) is 13.6. The van der Waals surface area contributed by atoms with Crippen molar-refractivity contribution in [2.75, 3.05) is 10.6 Å². The van der Waals surface area contributed by atoms with E-state index in [-0.39, 0.29) is 23.3 Å². The van der Waals surface area contributed by atoms with E-state index < -0.39 is 5.82 Å². The predicted molar refractivity (Wildman–Crippen MR) is 108 cm³/mol. The average Bonchev–Trinajstić information content (AvgIpc) is 3.55. The standard InChI is InChI=1S/C21H18FN5O/c22-17-7-6-16(27-21(28)13-4-5-13)10-19(17)25-12-15-9-14(11-26-20(15)23)18-3-1-2-8-24-18/h1-3,6-13,23,25H,4-5H2,(H,27,28)/b15-12-,23-20?. The zero-order chi connectivity index (χ0) is 19.5. The molecule has 0 atom stereocenters. The van der Waals surface area contributed by atoms with Crippen LogP contribution in [0.2, 0.25) is 0 Å². The number of hydrogen-bond acceptors (Lipinski definition) is 4. The van der Waals surface area contributed by atoms with Crippen LogP contribution in [0.1, 0.15) is 18.5 Å². The highest BCUT2D eigenvalue weighted by Crippen LogP contribution is 2.31. The first-order valence-corrected chi connectivity index (χ1v) is 8.93. The van der Waals surface area contributed by atoms with E-state index in [2.05, 4.69) is 20.6 Å². The largest absolute Gasteiger partial charge is 0.359 e. The van der Waals surface area contributed by atoms with Gasteiger partial charge in [-0.3, -0.25) is 15.2 Å². The van der Waals surface area contributed by atoms with E-state index in [0.29, 0.717) is 11.3 Å². The molecule has 2 aromatic rings. The highest BCUT2D eigenvalue weighted by Gasteiger charge is 2.29. The van der Waals surface area contributed by atoms with Crippen molar-refractivity contribution in [3.05, 3.63) is 72.0 Å². The number of pyridine rings is 1. The van der Waals surface area contributed by atoms with Gasteiger partial charge in [0.1, 0.15) is 5.82 Å². The van der Waals surface area contributed by atoms with Gasteiger partial charge in [-0.25, -0.2) is 9.38 Å². The first-order valence-electron chi connectivity index (χ1n) is 8.93. The lowest BCUT2D eigenvalue weighted by Crippen LogP contribution is -2.13. The summed E-state index contributed by atoms with van der Waals surface area (Å²) in [6.07, 6.45) is 8.35. The molecule has 2 heterocycles. The summed E-state index contributed by atoms with van der Waals surface area (Å²) >= 11 is 0. The number of allylic oxidation sites excluding steroid dienone is 1. The minimum absolute atomic E-state index is 0.0396. The minimum Gasteiger partial charge on any atom is -0.359 e. The Morgan fingerprint density at radius 3 is 2.86 bits per heavy atom. The maximum atomic E-state index is 14.2. The fraction of sp³-hybridized carbons (Fsp3) is 0.143. The summed E-state index contributed by atoms with van der Waals surface area (Å²) in [6, 6.07) is 9.90. The Morgan fingerprint density at radius 2 is 2.11 bits per heavy atom. The molecule has 28 heavy (non-hydrogen) atoms. The number of aromatic nitrogens is 1. The molecule has 6 nitrogen and oxygen atoms in total. The molecule has 0 saturated heterocycles. The average molecular weight is 375 g/mol. The smallest absolute Gasteiger partial charge is 0.227 e. The number of nitrogens with one attached hydrogen (secondary N) is 3. The maximum absolute atomic E-state index is 14.2. The number of carbonyl (C=O) groups excluding carboxylic acids is 1. The number of rotatable bonds is 5. The zero-order valence-corrected chi connectivity index (χ0v) is 14.9. The second-order valence-corrected chi connectivity index (χ2v) is 6.62. The third kappa shape index (κ3) is 4.03. The fourth-order valence-electron chi connectivity index (χ4n) is 2.72. The van der Waals surface area contributed by atoms with Gasteiger partial charge in [0.2, 0.25) is 5.91 Å². The van der Waals surface area contributed by atoms with E-state index in [1.165, 1.54) is 24.4 Å². The monoisotopic (exact) mass is 375 g/mol. The number of halogens is 1. The normalized spacial score (nSPS) is 17.4. The topological polar surface area (TPSA) is 90.2 Å². The van der Waals surface area contributed by atoms with Crippen LogP contribution in [0.4, 0.5) is 15.8 Å². The Morgan fingerprint density at radius 1 is 1.25 bits per heavy atom. The molecule has 1 fully saturated rings. The van der Waals surface area contributed by atoms with Crippen LogP contribution in [0, 0.1) is 17.1 Å². The van der Waals surface area contributed by atoms with E-state index >= 15 is 0 Å². The van der Waals surface area contributed by atoms with E-state index in [1.54, 1.807) is 18.5 Å². The third-order valence-corrected chi connectivity index (χ3v) is 4.44. The van der Waals surface area contributed by atoms with E-state index in [0.717, 1.165) is 24.1 Å². The van der Waals surface area contributed by atoms with Gasteiger partial charge in [-0.2, -0.15) is 0 Å². The summed E-state index contributed by atoms with van der Waals surface area (Å²) in [5.41, 5.74) is 2.73. The Labute approximate surface area is 161 Å². The molecule has 7 heteroatoms. The Kier molecular flexibility index (Phi) is 4.80. The summed E-state index contributed by atoms with van der Waals surface area (Å²) in [5, 5.41) is 13.7. The van der Waals surface area contributed by atoms with Crippen molar-refractivity contribution >= 4 is 34.9 Å². The van der Waals surface area contributed by atoms with E-state index in [1.807, 2.05) is 18.2 Å². The molecule has 1 aromatic heterocycles. The number of anilines is 2. The predicted octanol–water partition coefficient (Wildman–Crippen LogP) is 4.01. The molecule has 4 rings (SSSR count). The van der Waals surface area contributed by atoms with Gasteiger partial charge in [0.05, 0.1) is 11.4 Å². The van der Waals surface area contributed by atoms with Crippen molar-refractivity contribution in [3.8, 4) is 0 Å². The quantitative estimate of drug-likeness (QED) is 0.737. The van der Waals surface area contributed by atoms with Crippen LogP contribution in [-0.4, -0.2) is 22.9 Å². The van der Waals surface area contributed by atoms with Gasteiger partial charge in [0, 0.05) is 41.4 Å². The summed E-state index contributed by atoms with van der Waals surface area (Å²) < 4.78 is 14.2. The van der Waals surface area contributed by atoms with Crippen molar-refractivity contribution in [1.29, 1.82) is 5.41 Å². The molecule has 1 saturated carbocycles. The van der Waals surface area contributed by atoms with Crippen molar-refractivity contribution in [3.63, 3.8) is 0 Å².